The van der Waals surface area contributed by atoms with Crippen molar-refractivity contribution in [1.29, 1.82) is 5.26 Å². The zero-order valence-electron chi connectivity index (χ0n) is 8.71. The Hall–Kier alpha value is -2.13. The monoisotopic (exact) mass is 254 g/mol. The van der Waals surface area contributed by atoms with E-state index in [0.29, 0.717) is 0 Å². The first-order chi connectivity index (χ1) is 7.95. The average Bonchev–Trinajstić information content (AvgIpc) is 2.28. The van der Waals surface area contributed by atoms with Crippen LogP contribution in [0.25, 0.3) is 0 Å². The van der Waals surface area contributed by atoms with Crippen molar-refractivity contribution < 1.29 is 14.5 Å². The summed E-state index contributed by atoms with van der Waals surface area (Å²) in [4.78, 5) is 21.3. The van der Waals surface area contributed by atoms with E-state index in [1.807, 2.05) is 0 Å². The SMILES string of the molecule is C[C@@H](C#N)OC(=O)c1ccc([N+](=O)[O-])cc1Cl. The summed E-state index contributed by atoms with van der Waals surface area (Å²) in [5.41, 5.74) is -0.237. The average molecular weight is 255 g/mol. The van der Waals surface area contributed by atoms with E-state index < -0.39 is 17.0 Å². The molecule has 0 aromatic heterocycles. The lowest BCUT2D eigenvalue weighted by atomic mass is 10.2. The van der Waals surface area contributed by atoms with Crippen LogP contribution in [0.1, 0.15) is 17.3 Å². The van der Waals surface area contributed by atoms with Crippen LogP contribution in [0.4, 0.5) is 5.69 Å². The van der Waals surface area contributed by atoms with Gasteiger partial charge >= 0.3 is 5.97 Å². The fourth-order valence-electron chi connectivity index (χ4n) is 1.03. The van der Waals surface area contributed by atoms with Gasteiger partial charge < -0.3 is 4.74 Å². The van der Waals surface area contributed by atoms with Crippen LogP contribution >= 0.6 is 11.6 Å². The molecule has 0 heterocycles. The fraction of sp³-hybridized carbons (Fsp3) is 0.200. The Kier molecular flexibility index (Phi) is 4.01. The van der Waals surface area contributed by atoms with E-state index in [-0.39, 0.29) is 16.3 Å². The molecule has 88 valence electrons. The zero-order valence-corrected chi connectivity index (χ0v) is 9.47. The van der Waals surface area contributed by atoms with Gasteiger partial charge in [-0.05, 0) is 13.0 Å². The van der Waals surface area contributed by atoms with Crippen molar-refractivity contribution in [2.24, 2.45) is 0 Å². The normalized spacial score (nSPS) is 11.4. The molecular weight excluding hydrogens is 248 g/mol. The number of halogens is 1. The van der Waals surface area contributed by atoms with Gasteiger partial charge in [0.2, 0.25) is 0 Å². The number of nitro benzene ring substituents is 1. The van der Waals surface area contributed by atoms with E-state index in [9.17, 15) is 14.9 Å². The van der Waals surface area contributed by atoms with E-state index in [1.165, 1.54) is 13.0 Å². The first kappa shape index (κ1) is 12.9. The molecule has 0 saturated carbocycles. The van der Waals surface area contributed by atoms with Crippen LogP contribution in [-0.4, -0.2) is 17.0 Å². The van der Waals surface area contributed by atoms with Crippen LogP contribution in [0.15, 0.2) is 18.2 Å². The summed E-state index contributed by atoms with van der Waals surface area (Å²) in [5, 5.41) is 18.8. The third-order valence-corrected chi connectivity index (χ3v) is 2.16. The highest BCUT2D eigenvalue weighted by Gasteiger charge is 2.17. The molecule has 0 aliphatic heterocycles. The van der Waals surface area contributed by atoms with E-state index >= 15 is 0 Å². The van der Waals surface area contributed by atoms with Crippen molar-refractivity contribution in [1.82, 2.24) is 0 Å². The number of nitrogens with zero attached hydrogens (tertiary/aromatic N) is 2. The van der Waals surface area contributed by atoms with Crippen LogP contribution < -0.4 is 0 Å². The highest BCUT2D eigenvalue weighted by Crippen LogP contribution is 2.23. The van der Waals surface area contributed by atoms with E-state index in [0.717, 1.165) is 12.1 Å². The van der Waals surface area contributed by atoms with Crippen LogP contribution in [-0.2, 0) is 4.74 Å². The number of carbonyl (C=O) groups is 1. The Labute approximate surface area is 102 Å². The lowest BCUT2D eigenvalue weighted by Crippen LogP contribution is -2.13. The van der Waals surface area contributed by atoms with Crippen molar-refractivity contribution in [3.63, 3.8) is 0 Å². The van der Waals surface area contributed by atoms with Gasteiger partial charge in [-0.15, -0.1) is 0 Å². The first-order valence-corrected chi connectivity index (χ1v) is 4.88. The number of hydrogen-bond donors (Lipinski definition) is 0. The summed E-state index contributed by atoms with van der Waals surface area (Å²) in [5.74, 6) is -0.793. The first-order valence-electron chi connectivity index (χ1n) is 4.50. The molecule has 0 unspecified atom stereocenters. The third-order valence-electron chi connectivity index (χ3n) is 1.85. The smallest absolute Gasteiger partial charge is 0.340 e. The van der Waals surface area contributed by atoms with Gasteiger partial charge in [-0.3, -0.25) is 10.1 Å². The summed E-state index contributed by atoms with van der Waals surface area (Å²) in [7, 11) is 0. The van der Waals surface area contributed by atoms with Crippen molar-refractivity contribution in [3.05, 3.63) is 38.9 Å². The quantitative estimate of drug-likeness (QED) is 0.469. The summed E-state index contributed by atoms with van der Waals surface area (Å²) in [6, 6.07) is 5.10. The number of nitriles is 1. The number of esters is 1. The van der Waals surface area contributed by atoms with Gasteiger partial charge in [-0.2, -0.15) is 5.26 Å². The molecule has 1 aromatic carbocycles. The van der Waals surface area contributed by atoms with Crippen LogP contribution in [0, 0.1) is 21.4 Å². The van der Waals surface area contributed by atoms with Crippen molar-refractivity contribution in [2.75, 3.05) is 0 Å². The summed E-state index contributed by atoms with van der Waals surface area (Å²) in [6.45, 7) is 1.40. The maximum Gasteiger partial charge on any atom is 0.340 e. The molecule has 0 N–H and O–H groups in total. The minimum Gasteiger partial charge on any atom is -0.444 e. The second kappa shape index (κ2) is 5.27. The van der Waals surface area contributed by atoms with Crippen LogP contribution in [0.3, 0.4) is 0 Å². The lowest BCUT2D eigenvalue weighted by Gasteiger charge is -2.06. The molecule has 0 aliphatic rings. The Bertz CT molecular complexity index is 510. The summed E-state index contributed by atoms with van der Waals surface area (Å²) >= 11 is 5.71. The number of rotatable bonds is 3. The van der Waals surface area contributed by atoms with Gasteiger partial charge in [0.15, 0.2) is 6.10 Å². The summed E-state index contributed by atoms with van der Waals surface area (Å²) in [6.07, 6.45) is -0.909. The molecule has 0 radical (unpaired) electrons. The number of benzene rings is 1. The Morgan fingerprint density at radius 2 is 2.29 bits per heavy atom. The number of ether oxygens (including phenoxy) is 1. The maximum absolute atomic E-state index is 11.5. The molecule has 7 heteroatoms. The van der Waals surface area contributed by atoms with Crippen molar-refractivity contribution in [2.45, 2.75) is 13.0 Å². The molecule has 6 nitrogen and oxygen atoms in total. The molecule has 0 aliphatic carbocycles. The molecule has 1 rings (SSSR count). The van der Waals surface area contributed by atoms with Gasteiger partial charge in [-0.25, -0.2) is 4.79 Å². The van der Waals surface area contributed by atoms with Gasteiger partial charge in [0, 0.05) is 12.1 Å². The Morgan fingerprint density at radius 1 is 1.65 bits per heavy atom. The number of nitro groups is 1. The van der Waals surface area contributed by atoms with Crippen LogP contribution in [0.5, 0.6) is 0 Å². The van der Waals surface area contributed by atoms with Gasteiger partial charge in [0.25, 0.3) is 5.69 Å². The lowest BCUT2D eigenvalue weighted by molar-refractivity contribution is -0.384. The van der Waals surface area contributed by atoms with Crippen molar-refractivity contribution >= 4 is 23.3 Å². The zero-order chi connectivity index (χ0) is 13.0. The minimum absolute atomic E-state index is 0.0145. The highest BCUT2D eigenvalue weighted by atomic mass is 35.5. The van der Waals surface area contributed by atoms with Gasteiger partial charge in [0.05, 0.1) is 15.5 Å². The predicted molar refractivity (Wildman–Crippen MR) is 58.6 cm³/mol. The molecule has 1 atom stereocenters. The highest BCUT2D eigenvalue weighted by molar-refractivity contribution is 6.33. The van der Waals surface area contributed by atoms with E-state index in [1.54, 1.807) is 6.07 Å². The standard InChI is InChI=1S/C10H7ClN2O4/c1-6(5-12)17-10(14)8-3-2-7(13(15)16)4-9(8)11/h2-4,6H,1H3/t6-/m0/s1. The second-order valence-corrected chi connectivity index (χ2v) is 3.51. The Morgan fingerprint density at radius 3 is 2.76 bits per heavy atom. The number of carbonyl (C=O) groups excluding carboxylic acids is 1. The molecule has 0 spiro atoms. The summed E-state index contributed by atoms with van der Waals surface area (Å²) < 4.78 is 4.71. The van der Waals surface area contributed by atoms with Gasteiger partial charge in [0.1, 0.15) is 6.07 Å². The molecule has 0 bridgehead atoms. The largest absolute Gasteiger partial charge is 0.444 e. The molecule has 17 heavy (non-hydrogen) atoms. The molecule has 0 saturated heterocycles. The minimum atomic E-state index is -0.909. The molecule has 0 fully saturated rings. The van der Waals surface area contributed by atoms with Crippen LogP contribution in [0.2, 0.25) is 5.02 Å². The maximum atomic E-state index is 11.5. The van der Waals surface area contributed by atoms with E-state index in [2.05, 4.69) is 0 Å². The number of non-ortho nitro benzene ring substituents is 1. The third kappa shape index (κ3) is 3.16. The van der Waals surface area contributed by atoms with Crippen molar-refractivity contribution in [3.8, 4) is 6.07 Å². The topological polar surface area (TPSA) is 93.2 Å². The Balaban J connectivity index is 2.97. The predicted octanol–water partition coefficient (Wildman–Crippen LogP) is 2.32. The fourth-order valence-corrected chi connectivity index (χ4v) is 1.29. The number of hydrogen-bond acceptors (Lipinski definition) is 5. The molecule has 1 aromatic rings. The van der Waals surface area contributed by atoms with Gasteiger partial charge in [-0.1, -0.05) is 11.6 Å². The second-order valence-electron chi connectivity index (χ2n) is 3.10. The molecular formula is C10H7ClN2O4. The van der Waals surface area contributed by atoms with E-state index in [4.69, 9.17) is 21.6 Å². The molecule has 0 amide bonds.